The molecule has 8 aromatic carbocycles. The maximum atomic E-state index is 10.4. The van der Waals surface area contributed by atoms with E-state index in [2.05, 4.69) is 94.7 Å². The van der Waals surface area contributed by atoms with Crippen LogP contribution in [0.4, 0.5) is 34.1 Å². The van der Waals surface area contributed by atoms with E-state index in [-0.39, 0.29) is 0 Å². The zero-order valence-corrected chi connectivity index (χ0v) is 33.2. The van der Waals surface area contributed by atoms with E-state index in [0.717, 1.165) is 78.6 Å². The van der Waals surface area contributed by atoms with E-state index in [9.17, 15) is 10.5 Å². The molecule has 8 rings (SSSR count). The number of ether oxygens (including phenoxy) is 2. The first-order valence-electron chi connectivity index (χ1n) is 19.5. The smallest absolute Gasteiger partial charge is 0.119 e. The van der Waals surface area contributed by atoms with Crippen LogP contribution in [-0.4, -0.2) is 14.2 Å². The van der Waals surface area contributed by atoms with Crippen molar-refractivity contribution in [3.63, 3.8) is 0 Å². The van der Waals surface area contributed by atoms with Gasteiger partial charge in [-0.2, -0.15) is 10.5 Å². The number of anilines is 6. The van der Waals surface area contributed by atoms with Crippen LogP contribution in [-0.2, 0) is 0 Å². The van der Waals surface area contributed by atoms with Gasteiger partial charge in [-0.15, -0.1) is 0 Å². The minimum atomic E-state index is 0.526. The molecule has 0 aromatic heterocycles. The average Bonchev–Trinajstić information content (AvgIpc) is 3.32. The molecule has 0 radical (unpaired) electrons. The van der Waals surface area contributed by atoms with Crippen molar-refractivity contribution in [2.75, 3.05) is 24.0 Å². The van der Waals surface area contributed by atoms with E-state index < -0.39 is 0 Å². The van der Waals surface area contributed by atoms with Crippen molar-refractivity contribution >= 4 is 69.2 Å². The molecule has 0 unspecified atom stereocenters. The fourth-order valence-electron chi connectivity index (χ4n) is 7.32. The Bertz CT molecular complexity index is 2670. The molecule has 0 bridgehead atoms. The lowest BCUT2D eigenvalue weighted by Crippen LogP contribution is -2.09. The highest BCUT2D eigenvalue weighted by Crippen LogP contribution is 2.37. The summed E-state index contributed by atoms with van der Waals surface area (Å²) in [5, 5.41) is 22.2. The van der Waals surface area contributed by atoms with Gasteiger partial charge >= 0.3 is 0 Å². The SMILES string of the molecule is COc1ccc(N(c2ccccc2)c2ccc(/C=C/c3ccc4c(C#N)c(/C=C/c5ccc(N(c6ccccc6)c6ccc(OC)cc6)cc5)ccc4c3C#N)cc2)cc1. The predicted molar refractivity (Wildman–Crippen MR) is 247 cm³/mol. The summed E-state index contributed by atoms with van der Waals surface area (Å²) < 4.78 is 10.8. The van der Waals surface area contributed by atoms with Gasteiger partial charge in [-0.25, -0.2) is 0 Å². The third-order valence-electron chi connectivity index (χ3n) is 10.4. The van der Waals surface area contributed by atoms with Crippen molar-refractivity contribution in [3.8, 4) is 23.6 Å². The number of rotatable bonds is 12. The number of hydrogen-bond acceptors (Lipinski definition) is 6. The number of para-hydroxylation sites is 2. The first-order chi connectivity index (χ1) is 29.6. The van der Waals surface area contributed by atoms with Crippen LogP contribution >= 0.6 is 0 Å². The summed E-state index contributed by atoms with van der Waals surface area (Å²) in [6.07, 6.45) is 7.94. The van der Waals surface area contributed by atoms with Crippen LogP contribution in [0.15, 0.2) is 182 Å². The normalized spacial score (nSPS) is 11.0. The number of methoxy groups -OCH3 is 2. The van der Waals surface area contributed by atoms with Crippen LogP contribution in [0.1, 0.15) is 33.4 Å². The molecule has 8 aromatic rings. The summed E-state index contributed by atoms with van der Waals surface area (Å²) in [6.45, 7) is 0. The molecular formula is C54H40N4O2. The second-order valence-electron chi connectivity index (χ2n) is 14.0. The molecule has 288 valence electrons. The van der Waals surface area contributed by atoms with Crippen LogP contribution < -0.4 is 19.3 Å². The third-order valence-corrected chi connectivity index (χ3v) is 10.4. The van der Waals surface area contributed by atoms with E-state index in [1.54, 1.807) is 14.2 Å². The monoisotopic (exact) mass is 776 g/mol. The number of hydrogen-bond donors (Lipinski definition) is 0. The van der Waals surface area contributed by atoms with Crippen LogP contribution in [0.5, 0.6) is 11.5 Å². The number of nitrogens with zero attached hydrogens (tertiary/aromatic N) is 4. The summed E-state index contributed by atoms with van der Waals surface area (Å²) in [5.74, 6) is 1.60. The fraction of sp³-hybridized carbons (Fsp3) is 0.0370. The van der Waals surface area contributed by atoms with Crippen molar-refractivity contribution in [3.05, 3.63) is 215 Å². The summed E-state index contributed by atoms with van der Waals surface area (Å²) in [4.78, 5) is 4.39. The first-order valence-corrected chi connectivity index (χ1v) is 19.5. The fourth-order valence-corrected chi connectivity index (χ4v) is 7.32. The van der Waals surface area contributed by atoms with Crippen molar-refractivity contribution in [1.82, 2.24) is 0 Å². The van der Waals surface area contributed by atoms with Gasteiger partial charge in [0, 0.05) is 44.9 Å². The van der Waals surface area contributed by atoms with Gasteiger partial charge in [-0.05, 0) is 119 Å². The largest absolute Gasteiger partial charge is 0.497 e. The minimum absolute atomic E-state index is 0.526. The van der Waals surface area contributed by atoms with Crippen molar-refractivity contribution in [2.45, 2.75) is 0 Å². The molecule has 60 heavy (non-hydrogen) atoms. The first kappa shape index (κ1) is 38.5. The molecule has 0 aliphatic rings. The Morgan fingerprint density at radius 3 is 1.00 bits per heavy atom. The number of nitriles is 2. The quantitative estimate of drug-likeness (QED) is 0.115. The molecule has 0 heterocycles. The lowest BCUT2D eigenvalue weighted by atomic mass is 9.93. The molecule has 0 N–H and O–H groups in total. The molecule has 0 saturated carbocycles. The molecular weight excluding hydrogens is 737 g/mol. The lowest BCUT2D eigenvalue weighted by Gasteiger charge is -2.25. The van der Waals surface area contributed by atoms with Crippen molar-refractivity contribution < 1.29 is 9.47 Å². The summed E-state index contributed by atoms with van der Waals surface area (Å²) >= 11 is 0. The van der Waals surface area contributed by atoms with Crippen LogP contribution in [0, 0.1) is 22.7 Å². The summed E-state index contributed by atoms with van der Waals surface area (Å²) in [6, 6.07) is 65.7. The van der Waals surface area contributed by atoms with Crippen LogP contribution in [0.25, 0.3) is 35.1 Å². The second-order valence-corrected chi connectivity index (χ2v) is 14.0. The maximum absolute atomic E-state index is 10.4. The van der Waals surface area contributed by atoms with Gasteiger partial charge in [-0.3, -0.25) is 0 Å². The molecule has 0 fully saturated rings. The standard InChI is InChI=1S/C54H40N4O2/c1-59-49-31-27-47(28-32-49)57(43-9-5-3-6-10-43)45-23-15-39(16-24-45)13-19-41-21-35-52-51(53(41)37-55)36-22-42(54(52)38-56)20-14-40-17-25-46(26-18-40)58(44-11-7-4-8-12-44)48-29-33-50(60-2)34-30-48/h3-36H,1-2H3/b19-13+,20-14+. The number of fused-ring (bicyclic) bond motifs is 1. The number of benzene rings is 8. The topological polar surface area (TPSA) is 72.5 Å². The Balaban J connectivity index is 1.03. The highest BCUT2D eigenvalue weighted by Gasteiger charge is 2.15. The Hall–Kier alpha value is -8.32. The van der Waals surface area contributed by atoms with Gasteiger partial charge < -0.3 is 19.3 Å². The minimum Gasteiger partial charge on any atom is -0.497 e. The van der Waals surface area contributed by atoms with Gasteiger partial charge in [0.05, 0.1) is 25.3 Å². The summed E-state index contributed by atoms with van der Waals surface area (Å²) in [5.41, 5.74) is 10.7. The van der Waals surface area contributed by atoms with E-state index in [0.29, 0.717) is 11.1 Å². The van der Waals surface area contributed by atoms with E-state index in [4.69, 9.17) is 9.47 Å². The molecule has 0 amide bonds. The average molecular weight is 777 g/mol. The molecule has 6 nitrogen and oxygen atoms in total. The maximum Gasteiger partial charge on any atom is 0.119 e. The third kappa shape index (κ3) is 8.22. The van der Waals surface area contributed by atoms with Crippen LogP contribution in [0.3, 0.4) is 0 Å². The van der Waals surface area contributed by atoms with Crippen molar-refractivity contribution in [1.29, 1.82) is 10.5 Å². The zero-order chi connectivity index (χ0) is 41.3. The van der Waals surface area contributed by atoms with E-state index in [1.807, 2.05) is 133 Å². The van der Waals surface area contributed by atoms with Gasteiger partial charge in [-0.1, -0.05) is 109 Å². The molecule has 6 heteroatoms. The Labute approximate surface area is 351 Å². The Morgan fingerprint density at radius 1 is 0.367 bits per heavy atom. The second kappa shape index (κ2) is 17.9. The highest BCUT2D eigenvalue weighted by atomic mass is 16.5. The van der Waals surface area contributed by atoms with Gasteiger partial charge in [0.2, 0.25) is 0 Å². The lowest BCUT2D eigenvalue weighted by molar-refractivity contribution is 0.414. The summed E-state index contributed by atoms with van der Waals surface area (Å²) in [7, 11) is 3.33. The van der Waals surface area contributed by atoms with E-state index in [1.165, 1.54) is 0 Å². The van der Waals surface area contributed by atoms with Crippen LogP contribution in [0.2, 0.25) is 0 Å². The van der Waals surface area contributed by atoms with Gasteiger partial charge in [0.25, 0.3) is 0 Å². The van der Waals surface area contributed by atoms with Gasteiger partial charge in [0.15, 0.2) is 0 Å². The molecule has 0 atom stereocenters. The Kier molecular flexibility index (Phi) is 11.5. The van der Waals surface area contributed by atoms with E-state index >= 15 is 0 Å². The highest BCUT2D eigenvalue weighted by molar-refractivity contribution is 5.98. The molecule has 0 spiro atoms. The molecule has 0 aliphatic carbocycles. The molecule has 0 saturated heterocycles. The molecule has 0 aliphatic heterocycles. The van der Waals surface area contributed by atoms with Crippen molar-refractivity contribution in [2.24, 2.45) is 0 Å². The van der Waals surface area contributed by atoms with Gasteiger partial charge in [0.1, 0.15) is 23.6 Å². The zero-order valence-electron chi connectivity index (χ0n) is 33.2. The Morgan fingerprint density at radius 2 is 0.683 bits per heavy atom. The predicted octanol–water partition coefficient (Wildman–Crippen LogP) is 13.9.